The minimum absolute atomic E-state index is 0.199. The maximum absolute atomic E-state index is 12.5. The number of hydrogen-bond donors (Lipinski definition) is 1. The van der Waals surface area contributed by atoms with Gasteiger partial charge in [0.1, 0.15) is 0 Å². The fourth-order valence-corrected chi connectivity index (χ4v) is 3.81. The molecule has 0 spiro atoms. The van der Waals surface area contributed by atoms with Gasteiger partial charge in [0.05, 0.1) is 28.0 Å². The Morgan fingerprint density at radius 1 is 1.24 bits per heavy atom. The number of carbonyl (C=O) groups excluding carboxylic acids is 2. The molecule has 7 heteroatoms. The number of ether oxygens (including phenoxy) is 1. The average Bonchev–Trinajstić information content (AvgIpc) is 3.03. The van der Waals surface area contributed by atoms with Gasteiger partial charge in [0, 0.05) is 4.90 Å². The van der Waals surface area contributed by atoms with Crippen LogP contribution in [0.4, 0.5) is 5.13 Å². The van der Waals surface area contributed by atoms with Gasteiger partial charge in [-0.3, -0.25) is 10.1 Å². The summed E-state index contributed by atoms with van der Waals surface area (Å²) in [5, 5.41) is 3.33. The lowest BCUT2D eigenvalue weighted by molar-refractivity contribution is 0.0526. The van der Waals surface area contributed by atoms with Gasteiger partial charge in [0.2, 0.25) is 0 Å². The Bertz CT molecular complexity index is 937. The smallest absolute Gasteiger partial charge is 0.338 e. The van der Waals surface area contributed by atoms with Crippen LogP contribution in [0.15, 0.2) is 47.4 Å². The standard InChI is InChI=1S/C18H16N2O3S2/c1-3-23-17(22)11-8-9-13-15(10-11)25-18(19-13)20-16(21)12-6-4-5-7-14(12)24-2/h4-10H,3H2,1-2H3,(H,19,20,21). The molecule has 0 radical (unpaired) electrons. The number of anilines is 1. The molecule has 5 nitrogen and oxygen atoms in total. The molecular formula is C18H16N2O3S2. The van der Waals surface area contributed by atoms with Crippen LogP contribution in [0.25, 0.3) is 10.2 Å². The fraction of sp³-hybridized carbons (Fsp3) is 0.167. The molecule has 0 saturated carbocycles. The van der Waals surface area contributed by atoms with E-state index >= 15 is 0 Å². The van der Waals surface area contributed by atoms with Crippen molar-refractivity contribution in [1.82, 2.24) is 4.98 Å². The van der Waals surface area contributed by atoms with E-state index in [1.807, 2.05) is 24.5 Å². The SMILES string of the molecule is CCOC(=O)c1ccc2nc(NC(=O)c3ccccc3SC)sc2c1. The lowest BCUT2D eigenvalue weighted by Gasteiger charge is -2.05. The highest BCUT2D eigenvalue weighted by molar-refractivity contribution is 7.98. The van der Waals surface area contributed by atoms with Gasteiger partial charge in [-0.2, -0.15) is 0 Å². The molecule has 1 heterocycles. The number of thioether (sulfide) groups is 1. The number of carbonyl (C=O) groups is 2. The molecule has 0 atom stereocenters. The Labute approximate surface area is 153 Å². The van der Waals surface area contributed by atoms with Gasteiger partial charge in [-0.1, -0.05) is 23.5 Å². The molecule has 2 aromatic carbocycles. The summed E-state index contributed by atoms with van der Waals surface area (Å²) >= 11 is 2.85. The molecule has 0 saturated heterocycles. The Morgan fingerprint density at radius 2 is 2.04 bits per heavy atom. The third kappa shape index (κ3) is 3.83. The summed E-state index contributed by atoms with van der Waals surface area (Å²) in [5.74, 6) is -0.563. The monoisotopic (exact) mass is 372 g/mol. The zero-order valence-corrected chi connectivity index (χ0v) is 15.4. The topological polar surface area (TPSA) is 68.3 Å². The minimum Gasteiger partial charge on any atom is -0.462 e. The molecule has 1 N–H and O–H groups in total. The maximum Gasteiger partial charge on any atom is 0.338 e. The predicted octanol–water partition coefficient (Wildman–Crippen LogP) is 4.45. The normalized spacial score (nSPS) is 10.6. The predicted molar refractivity (Wildman–Crippen MR) is 102 cm³/mol. The van der Waals surface area contributed by atoms with E-state index in [9.17, 15) is 9.59 Å². The van der Waals surface area contributed by atoms with Gasteiger partial charge in [0.15, 0.2) is 5.13 Å². The Balaban J connectivity index is 1.84. The number of nitrogens with zero attached hydrogens (tertiary/aromatic N) is 1. The molecule has 128 valence electrons. The summed E-state index contributed by atoms with van der Waals surface area (Å²) in [6.07, 6.45) is 1.93. The van der Waals surface area contributed by atoms with Crippen LogP contribution < -0.4 is 5.32 Å². The number of amides is 1. The van der Waals surface area contributed by atoms with E-state index in [1.165, 1.54) is 23.1 Å². The molecule has 0 unspecified atom stereocenters. The lowest BCUT2D eigenvalue weighted by atomic mass is 10.2. The second-order valence-corrected chi connectivity index (χ2v) is 6.96. The van der Waals surface area contributed by atoms with Crippen molar-refractivity contribution in [3.8, 4) is 0 Å². The van der Waals surface area contributed by atoms with Crippen LogP contribution in [0.3, 0.4) is 0 Å². The molecule has 25 heavy (non-hydrogen) atoms. The van der Waals surface area contributed by atoms with Gasteiger partial charge < -0.3 is 4.74 Å². The highest BCUT2D eigenvalue weighted by atomic mass is 32.2. The first-order chi connectivity index (χ1) is 12.1. The summed E-state index contributed by atoms with van der Waals surface area (Å²) in [6.45, 7) is 2.10. The second kappa shape index (κ2) is 7.67. The molecule has 1 aromatic heterocycles. The zero-order chi connectivity index (χ0) is 17.8. The van der Waals surface area contributed by atoms with Crippen molar-refractivity contribution in [2.45, 2.75) is 11.8 Å². The molecule has 0 aliphatic rings. The van der Waals surface area contributed by atoms with E-state index in [2.05, 4.69) is 10.3 Å². The zero-order valence-electron chi connectivity index (χ0n) is 13.7. The highest BCUT2D eigenvalue weighted by Crippen LogP contribution is 2.28. The van der Waals surface area contributed by atoms with Crippen LogP contribution in [0.2, 0.25) is 0 Å². The summed E-state index contributed by atoms with van der Waals surface area (Å²) in [7, 11) is 0. The van der Waals surface area contributed by atoms with Crippen molar-refractivity contribution in [2.75, 3.05) is 18.2 Å². The maximum atomic E-state index is 12.5. The van der Waals surface area contributed by atoms with E-state index < -0.39 is 0 Å². The second-order valence-electron chi connectivity index (χ2n) is 5.08. The summed E-state index contributed by atoms with van der Waals surface area (Å²) in [5.41, 5.74) is 1.82. The van der Waals surface area contributed by atoms with Gasteiger partial charge in [-0.15, -0.1) is 11.8 Å². The number of hydrogen-bond acceptors (Lipinski definition) is 6. The van der Waals surface area contributed by atoms with Crippen molar-refractivity contribution in [3.63, 3.8) is 0 Å². The molecule has 0 aliphatic carbocycles. The number of rotatable bonds is 5. The van der Waals surface area contributed by atoms with Crippen molar-refractivity contribution in [3.05, 3.63) is 53.6 Å². The van der Waals surface area contributed by atoms with E-state index in [1.54, 1.807) is 31.2 Å². The van der Waals surface area contributed by atoms with Crippen molar-refractivity contribution in [2.24, 2.45) is 0 Å². The van der Waals surface area contributed by atoms with E-state index in [4.69, 9.17) is 4.74 Å². The number of fused-ring (bicyclic) bond motifs is 1. The molecule has 0 fully saturated rings. The molecule has 3 aromatic rings. The Morgan fingerprint density at radius 3 is 2.80 bits per heavy atom. The molecule has 0 bridgehead atoms. The van der Waals surface area contributed by atoms with Crippen molar-refractivity contribution < 1.29 is 14.3 Å². The Kier molecular flexibility index (Phi) is 5.35. The Hall–Kier alpha value is -2.38. The number of esters is 1. The third-order valence-electron chi connectivity index (χ3n) is 3.47. The van der Waals surface area contributed by atoms with Crippen molar-refractivity contribution >= 4 is 50.3 Å². The first-order valence-electron chi connectivity index (χ1n) is 7.64. The quantitative estimate of drug-likeness (QED) is 0.529. The number of aromatic nitrogens is 1. The largest absolute Gasteiger partial charge is 0.462 e. The number of thiazole rings is 1. The lowest BCUT2D eigenvalue weighted by Crippen LogP contribution is -2.12. The van der Waals surface area contributed by atoms with Crippen LogP contribution in [-0.4, -0.2) is 29.7 Å². The molecular weight excluding hydrogens is 356 g/mol. The summed E-state index contributed by atoms with van der Waals surface area (Å²) in [4.78, 5) is 29.6. The first kappa shape index (κ1) is 17.4. The highest BCUT2D eigenvalue weighted by Gasteiger charge is 2.14. The molecule has 3 rings (SSSR count). The van der Waals surface area contributed by atoms with Gasteiger partial charge in [-0.05, 0) is 43.5 Å². The molecule has 1 amide bonds. The van der Waals surface area contributed by atoms with Crippen LogP contribution in [-0.2, 0) is 4.74 Å². The van der Waals surface area contributed by atoms with E-state index in [0.717, 1.165) is 15.1 Å². The van der Waals surface area contributed by atoms with Crippen LogP contribution in [0, 0.1) is 0 Å². The molecule has 0 aliphatic heterocycles. The van der Waals surface area contributed by atoms with E-state index in [-0.39, 0.29) is 11.9 Å². The van der Waals surface area contributed by atoms with Crippen molar-refractivity contribution in [1.29, 1.82) is 0 Å². The number of benzene rings is 2. The first-order valence-corrected chi connectivity index (χ1v) is 9.68. The van der Waals surface area contributed by atoms with Gasteiger partial charge in [0.25, 0.3) is 5.91 Å². The summed E-state index contributed by atoms with van der Waals surface area (Å²) in [6, 6.07) is 12.6. The third-order valence-corrected chi connectivity index (χ3v) is 5.20. The van der Waals surface area contributed by atoms with Crippen LogP contribution in [0.5, 0.6) is 0 Å². The fourth-order valence-electron chi connectivity index (χ4n) is 2.32. The van der Waals surface area contributed by atoms with Crippen LogP contribution >= 0.6 is 23.1 Å². The summed E-state index contributed by atoms with van der Waals surface area (Å²) < 4.78 is 5.82. The van der Waals surface area contributed by atoms with E-state index in [0.29, 0.717) is 22.9 Å². The van der Waals surface area contributed by atoms with Gasteiger partial charge >= 0.3 is 5.97 Å². The van der Waals surface area contributed by atoms with Crippen LogP contribution in [0.1, 0.15) is 27.6 Å². The minimum atomic E-state index is -0.364. The average molecular weight is 372 g/mol. The van der Waals surface area contributed by atoms with Gasteiger partial charge in [-0.25, -0.2) is 9.78 Å². The number of nitrogens with one attached hydrogen (secondary N) is 1.